The molecule has 19 rings (SSSR count). The van der Waals surface area contributed by atoms with Crippen molar-refractivity contribution in [1.29, 1.82) is 0 Å². The maximum absolute atomic E-state index is 5.66. The minimum atomic E-state index is -0.514. The van der Waals surface area contributed by atoms with Crippen LogP contribution in [0.25, 0.3) is 136 Å². The van der Waals surface area contributed by atoms with E-state index in [1.807, 2.05) is 11.3 Å². The molecule has 88 heavy (non-hydrogen) atoms. The maximum atomic E-state index is 5.66. The molecule has 0 saturated heterocycles. The van der Waals surface area contributed by atoms with Crippen LogP contribution in [0.5, 0.6) is 0 Å². The van der Waals surface area contributed by atoms with E-state index >= 15 is 0 Å². The first-order valence-corrected chi connectivity index (χ1v) is 31.0. The summed E-state index contributed by atoms with van der Waals surface area (Å²) in [5, 5.41) is 11.9. The number of aromatic nitrogens is 3. The van der Waals surface area contributed by atoms with E-state index in [2.05, 4.69) is 313 Å². The molecule has 0 aliphatic heterocycles. The average Bonchev–Trinajstić information content (AvgIpc) is 1.54. The minimum Gasteiger partial charge on any atom is -0.309 e. The Morgan fingerprint density at radius 3 is 1.32 bits per heavy atom. The monoisotopic (exact) mass is 1130 g/mol. The largest absolute Gasteiger partial charge is 0.309 e. The number of thiophene rings is 1. The summed E-state index contributed by atoms with van der Waals surface area (Å²) in [5.74, 6) is 0.626. The Morgan fingerprint density at radius 1 is 0.295 bits per heavy atom. The molecule has 0 bridgehead atoms. The van der Waals surface area contributed by atoms with Crippen LogP contribution in [0.3, 0.4) is 0 Å². The SMILES string of the molecule is c1ccc(-c2ccc(N(c3ccc4c(c3)C3(c5ccccc5-c5ccccc53)c3ccccc3-4)c3cccc4c3sc3c4c4ccccc4c4c3c3c5ccccc5c5ccccc5c3n4-c3nc(-c4ccccc4)cc(-c4ccccc4)n3)cc2)cc1. The summed E-state index contributed by atoms with van der Waals surface area (Å²) in [4.78, 5) is 13.8. The molecular weight excluding hydrogens is 1090 g/mol. The van der Waals surface area contributed by atoms with Crippen molar-refractivity contribution in [2.24, 2.45) is 0 Å². The lowest BCUT2D eigenvalue weighted by molar-refractivity contribution is 0.793. The number of fused-ring (bicyclic) bond motifs is 25. The van der Waals surface area contributed by atoms with Crippen molar-refractivity contribution in [2.45, 2.75) is 5.41 Å². The standard InChI is InChI=1S/C83H50N4S/c1-4-23-51(24-5-1)52-43-45-55(46-44-52)86(56-47-48-62-61-33-18-21-41-70(61)83(71(62)49-56)68-39-19-16-31-59(68)60-32-17-20-40-69(60)83)74-42-22-38-67-75-64-35-13-15-37-66(64)79-77(81(75)88-80(67)74)76-63-34-12-10-29-57(63)58-30-11-14-36-65(58)78(76)87(79)82-84-72(53-25-6-2-7-26-53)50-73(85-82)54-27-8-3-9-28-54/h1-50H. The van der Waals surface area contributed by atoms with Gasteiger partial charge >= 0.3 is 0 Å². The van der Waals surface area contributed by atoms with Gasteiger partial charge in [-0.25, -0.2) is 9.97 Å². The molecule has 0 saturated carbocycles. The molecule has 4 nitrogen and oxygen atoms in total. The molecule has 0 N–H and O–H groups in total. The summed E-state index contributed by atoms with van der Waals surface area (Å²) >= 11 is 1.91. The van der Waals surface area contributed by atoms with Crippen molar-refractivity contribution in [3.63, 3.8) is 0 Å². The lowest BCUT2D eigenvalue weighted by atomic mass is 9.70. The van der Waals surface area contributed by atoms with Gasteiger partial charge < -0.3 is 4.90 Å². The second-order valence-corrected chi connectivity index (χ2v) is 24.4. The van der Waals surface area contributed by atoms with E-state index in [0.717, 1.165) is 61.4 Å². The second kappa shape index (κ2) is 18.9. The lowest BCUT2D eigenvalue weighted by Crippen LogP contribution is -2.26. The van der Waals surface area contributed by atoms with Crippen molar-refractivity contribution in [3.05, 3.63) is 326 Å². The molecule has 3 heterocycles. The Hall–Kier alpha value is -11.2. The van der Waals surface area contributed by atoms with Crippen LogP contribution in [0.1, 0.15) is 22.3 Å². The third-order valence-corrected chi connectivity index (χ3v) is 20.2. The molecule has 0 atom stereocenters. The van der Waals surface area contributed by atoms with Crippen LogP contribution in [-0.4, -0.2) is 14.5 Å². The molecule has 3 aromatic heterocycles. The van der Waals surface area contributed by atoms with Crippen molar-refractivity contribution in [2.75, 3.05) is 4.90 Å². The van der Waals surface area contributed by atoms with Gasteiger partial charge in [-0.3, -0.25) is 4.57 Å². The van der Waals surface area contributed by atoms with Crippen LogP contribution in [0.2, 0.25) is 0 Å². The van der Waals surface area contributed by atoms with Crippen molar-refractivity contribution in [3.8, 4) is 61.8 Å². The van der Waals surface area contributed by atoms with Crippen LogP contribution in [-0.2, 0) is 5.41 Å². The number of anilines is 3. The zero-order valence-corrected chi connectivity index (χ0v) is 48.4. The number of hydrogen-bond acceptors (Lipinski definition) is 4. The Kier molecular flexibility index (Phi) is 10.5. The van der Waals surface area contributed by atoms with Gasteiger partial charge in [0, 0.05) is 59.5 Å². The third-order valence-electron chi connectivity index (χ3n) is 19.0. The first-order chi connectivity index (χ1) is 43.7. The van der Waals surface area contributed by atoms with Gasteiger partial charge in [0.1, 0.15) is 0 Å². The molecule has 1 spiro atoms. The normalized spacial score (nSPS) is 12.9. The van der Waals surface area contributed by atoms with Crippen LogP contribution >= 0.6 is 11.3 Å². The average molecular weight is 1140 g/mol. The molecule has 408 valence electrons. The number of benzene rings is 14. The summed E-state index contributed by atoms with van der Waals surface area (Å²) in [6.07, 6.45) is 0. The van der Waals surface area contributed by atoms with Crippen LogP contribution in [0.15, 0.2) is 303 Å². The van der Waals surface area contributed by atoms with Gasteiger partial charge in [-0.05, 0) is 114 Å². The molecule has 2 aliphatic carbocycles. The second-order valence-electron chi connectivity index (χ2n) is 23.4. The number of rotatable bonds is 7. The summed E-state index contributed by atoms with van der Waals surface area (Å²) in [7, 11) is 0. The number of nitrogens with zero attached hydrogens (tertiary/aromatic N) is 4. The Bertz CT molecular complexity index is 5630. The predicted octanol–water partition coefficient (Wildman–Crippen LogP) is 22.2. The number of hydrogen-bond donors (Lipinski definition) is 0. The van der Waals surface area contributed by atoms with E-state index in [0.29, 0.717) is 5.95 Å². The van der Waals surface area contributed by atoms with E-state index in [4.69, 9.17) is 9.97 Å². The molecular formula is C83H50N4S. The lowest BCUT2D eigenvalue weighted by Gasteiger charge is -2.32. The molecule has 0 unspecified atom stereocenters. The fourth-order valence-corrected chi connectivity index (χ4v) is 16.8. The molecule has 0 amide bonds. The van der Waals surface area contributed by atoms with E-state index in [1.165, 1.54) is 108 Å². The van der Waals surface area contributed by atoms with Gasteiger partial charge in [0.2, 0.25) is 5.95 Å². The van der Waals surface area contributed by atoms with E-state index in [1.54, 1.807) is 0 Å². The first kappa shape index (κ1) is 49.1. The molecule has 14 aromatic carbocycles. The summed E-state index contributed by atoms with van der Waals surface area (Å²) in [5.41, 5.74) is 21.5. The van der Waals surface area contributed by atoms with E-state index in [-0.39, 0.29) is 0 Å². The zero-order valence-electron chi connectivity index (χ0n) is 47.6. The highest BCUT2D eigenvalue weighted by atomic mass is 32.1. The molecule has 0 fully saturated rings. The van der Waals surface area contributed by atoms with E-state index < -0.39 is 5.41 Å². The van der Waals surface area contributed by atoms with Gasteiger partial charge in [0.05, 0.1) is 38.2 Å². The fraction of sp³-hybridized carbons (Fsp3) is 0.0120. The Morgan fingerprint density at radius 2 is 0.727 bits per heavy atom. The Balaban J connectivity index is 0.935. The van der Waals surface area contributed by atoms with E-state index in [9.17, 15) is 0 Å². The van der Waals surface area contributed by atoms with Crippen LogP contribution in [0.4, 0.5) is 17.1 Å². The maximum Gasteiger partial charge on any atom is 0.235 e. The minimum absolute atomic E-state index is 0.514. The summed E-state index contributed by atoms with van der Waals surface area (Å²) in [6, 6.07) is 112. The molecule has 5 heteroatoms. The Labute approximate surface area is 511 Å². The highest BCUT2D eigenvalue weighted by Gasteiger charge is 2.51. The topological polar surface area (TPSA) is 34.0 Å². The quantitative estimate of drug-likeness (QED) is 0.149. The first-order valence-electron chi connectivity index (χ1n) is 30.2. The zero-order chi connectivity index (χ0) is 57.6. The van der Waals surface area contributed by atoms with Crippen LogP contribution < -0.4 is 4.90 Å². The van der Waals surface area contributed by atoms with Gasteiger partial charge in [-0.15, -0.1) is 11.3 Å². The van der Waals surface area contributed by atoms with Gasteiger partial charge in [-0.1, -0.05) is 267 Å². The van der Waals surface area contributed by atoms with Crippen LogP contribution in [0, 0.1) is 0 Å². The smallest absolute Gasteiger partial charge is 0.235 e. The van der Waals surface area contributed by atoms with Gasteiger partial charge in [0.25, 0.3) is 0 Å². The summed E-state index contributed by atoms with van der Waals surface area (Å²) in [6.45, 7) is 0. The van der Waals surface area contributed by atoms with Crippen molar-refractivity contribution >= 4 is 103 Å². The fourth-order valence-electron chi connectivity index (χ4n) is 15.4. The predicted molar refractivity (Wildman–Crippen MR) is 369 cm³/mol. The van der Waals surface area contributed by atoms with Gasteiger partial charge in [-0.2, -0.15) is 0 Å². The van der Waals surface area contributed by atoms with Crippen molar-refractivity contribution < 1.29 is 0 Å². The van der Waals surface area contributed by atoms with Gasteiger partial charge in [0.15, 0.2) is 0 Å². The highest BCUT2D eigenvalue weighted by molar-refractivity contribution is 7.27. The highest BCUT2D eigenvalue weighted by Crippen LogP contribution is 2.64. The van der Waals surface area contributed by atoms with Crippen molar-refractivity contribution in [1.82, 2.24) is 14.5 Å². The molecule has 0 radical (unpaired) electrons. The summed E-state index contributed by atoms with van der Waals surface area (Å²) < 4.78 is 4.85. The molecule has 2 aliphatic rings. The molecule has 17 aromatic rings. The third kappa shape index (κ3) is 6.85.